The normalized spacial score (nSPS) is 25.1. The average Bonchev–Trinajstić information content (AvgIpc) is 2.80. The first-order chi connectivity index (χ1) is 9.78. The van der Waals surface area contributed by atoms with Gasteiger partial charge in [0.25, 0.3) is 6.03 Å². The summed E-state index contributed by atoms with van der Waals surface area (Å²) in [6.45, 7) is 3.49. The van der Waals surface area contributed by atoms with E-state index in [1.165, 1.54) is 16.8 Å². The first kappa shape index (κ1) is 16.1. The van der Waals surface area contributed by atoms with Crippen LogP contribution in [-0.4, -0.2) is 39.3 Å². The summed E-state index contributed by atoms with van der Waals surface area (Å²) in [5, 5.41) is 0. The monoisotopic (exact) mass is 319 g/mol. The first-order valence-electron chi connectivity index (χ1n) is 6.39. The zero-order chi connectivity index (χ0) is 15.6. The Labute approximate surface area is 121 Å². The van der Waals surface area contributed by atoms with E-state index in [2.05, 4.69) is 4.98 Å². The quantitative estimate of drug-likeness (QED) is 0.734. The summed E-state index contributed by atoms with van der Waals surface area (Å²) < 4.78 is 28.6. The van der Waals surface area contributed by atoms with Crippen molar-refractivity contribution in [3.8, 4) is 0 Å². The molecule has 0 aromatic carbocycles. The number of nitrogen functional groups attached to an aromatic ring is 1. The van der Waals surface area contributed by atoms with Crippen LogP contribution in [0.2, 0.25) is 0 Å². The molecule has 10 heteroatoms. The maximum Gasteiger partial charge on any atom is 0.384 e. The van der Waals surface area contributed by atoms with Crippen molar-refractivity contribution >= 4 is 13.4 Å². The minimum absolute atomic E-state index is 0.0769. The molecule has 0 amide bonds. The van der Waals surface area contributed by atoms with Crippen molar-refractivity contribution in [1.82, 2.24) is 9.55 Å². The van der Waals surface area contributed by atoms with Gasteiger partial charge >= 0.3 is 13.3 Å². The third-order valence-electron chi connectivity index (χ3n) is 2.66. The van der Waals surface area contributed by atoms with Crippen molar-refractivity contribution in [2.75, 3.05) is 12.3 Å². The molecule has 118 valence electrons. The van der Waals surface area contributed by atoms with Crippen LogP contribution in [0.3, 0.4) is 0 Å². The van der Waals surface area contributed by atoms with Crippen LogP contribution in [0.25, 0.3) is 0 Å². The Hall–Kier alpha value is -1.25. The van der Waals surface area contributed by atoms with Gasteiger partial charge in [-0.25, -0.2) is 4.79 Å². The largest absolute Gasteiger partial charge is 0.384 e. The SMILES string of the molecule is CC(C)OP(=O)(O)C1OCC(Cn2ccc(N)nc2=O)O1. The lowest BCUT2D eigenvalue weighted by Gasteiger charge is -2.19. The van der Waals surface area contributed by atoms with Crippen LogP contribution in [0, 0.1) is 0 Å². The smallest absolute Gasteiger partial charge is 0.383 e. The second-order valence-corrected chi connectivity index (χ2v) is 6.66. The molecule has 1 fully saturated rings. The summed E-state index contributed by atoms with van der Waals surface area (Å²) in [7, 11) is -4.03. The number of anilines is 1. The molecule has 0 bridgehead atoms. The molecule has 1 saturated heterocycles. The van der Waals surface area contributed by atoms with Gasteiger partial charge in [0.2, 0.25) is 0 Å². The van der Waals surface area contributed by atoms with Gasteiger partial charge in [-0.05, 0) is 19.9 Å². The van der Waals surface area contributed by atoms with Crippen molar-refractivity contribution < 1.29 is 23.5 Å². The van der Waals surface area contributed by atoms with Gasteiger partial charge in [0.1, 0.15) is 11.9 Å². The highest BCUT2D eigenvalue weighted by Gasteiger charge is 2.42. The van der Waals surface area contributed by atoms with E-state index in [4.69, 9.17) is 19.7 Å². The van der Waals surface area contributed by atoms with Crippen molar-refractivity contribution in [2.45, 2.75) is 38.6 Å². The molecule has 3 unspecified atom stereocenters. The fourth-order valence-electron chi connectivity index (χ4n) is 1.85. The van der Waals surface area contributed by atoms with Gasteiger partial charge in [0.05, 0.1) is 19.3 Å². The second-order valence-electron chi connectivity index (χ2n) is 4.90. The van der Waals surface area contributed by atoms with Gasteiger partial charge in [-0.1, -0.05) is 0 Å². The van der Waals surface area contributed by atoms with Crippen molar-refractivity contribution in [2.24, 2.45) is 0 Å². The summed E-state index contributed by atoms with van der Waals surface area (Å²) in [4.78, 5) is 24.9. The second kappa shape index (κ2) is 6.25. The Bertz CT molecular complexity index is 604. The maximum absolute atomic E-state index is 11.9. The Morgan fingerprint density at radius 2 is 2.38 bits per heavy atom. The van der Waals surface area contributed by atoms with E-state index in [0.29, 0.717) is 0 Å². The lowest BCUT2D eigenvalue weighted by molar-refractivity contribution is -0.0226. The Morgan fingerprint density at radius 3 is 3.00 bits per heavy atom. The predicted octanol–water partition coefficient (Wildman–Crippen LogP) is 0.135. The molecule has 2 rings (SSSR count). The number of aromatic nitrogens is 2. The standard InChI is InChI=1S/C11H18N3O6P/c1-7(2)20-21(16,17)11-18-6-8(19-11)5-14-4-3-9(12)13-10(14)15/h3-4,7-8,11H,5-6H2,1-2H3,(H,16,17)(H2,12,13,15). The topological polar surface area (TPSA) is 126 Å². The number of ether oxygens (including phenoxy) is 2. The maximum atomic E-state index is 11.9. The number of hydrogen-bond acceptors (Lipinski definition) is 7. The number of nitrogens with two attached hydrogens (primary N) is 1. The molecule has 21 heavy (non-hydrogen) atoms. The van der Waals surface area contributed by atoms with Crippen LogP contribution < -0.4 is 11.4 Å². The lowest BCUT2D eigenvalue weighted by atomic mass is 10.4. The van der Waals surface area contributed by atoms with E-state index in [9.17, 15) is 14.3 Å². The fourth-order valence-corrected chi connectivity index (χ4v) is 3.16. The molecule has 2 heterocycles. The van der Waals surface area contributed by atoms with E-state index >= 15 is 0 Å². The van der Waals surface area contributed by atoms with E-state index in [1.54, 1.807) is 13.8 Å². The molecule has 1 aromatic heterocycles. The van der Waals surface area contributed by atoms with Gasteiger partial charge < -0.3 is 24.6 Å². The van der Waals surface area contributed by atoms with Crippen LogP contribution in [0.5, 0.6) is 0 Å². The van der Waals surface area contributed by atoms with Crippen LogP contribution in [0.1, 0.15) is 13.8 Å². The average molecular weight is 319 g/mol. The van der Waals surface area contributed by atoms with Crippen molar-refractivity contribution in [3.63, 3.8) is 0 Å². The van der Waals surface area contributed by atoms with Crippen LogP contribution in [0.4, 0.5) is 5.82 Å². The van der Waals surface area contributed by atoms with Gasteiger partial charge in [-0.15, -0.1) is 0 Å². The van der Waals surface area contributed by atoms with E-state index in [-0.39, 0.29) is 19.0 Å². The van der Waals surface area contributed by atoms with Crippen molar-refractivity contribution in [1.29, 1.82) is 0 Å². The predicted molar refractivity (Wildman–Crippen MR) is 73.6 cm³/mol. The summed E-state index contributed by atoms with van der Waals surface area (Å²) >= 11 is 0. The third-order valence-corrected chi connectivity index (χ3v) is 4.19. The van der Waals surface area contributed by atoms with Crippen molar-refractivity contribution in [3.05, 3.63) is 22.7 Å². The Kier molecular flexibility index (Phi) is 4.80. The minimum atomic E-state index is -4.03. The molecule has 3 atom stereocenters. The number of rotatable bonds is 5. The molecular weight excluding hydrogens is 301 g/mol. The lowest BCUT2D eigenvalue weighted by Crippen LogP contribution is -2.29. The van der Waals surface area contributed by atoms with Gasteiger partial charge in [0.15, 0.2) is 0 Å². The molecule has 9 nitrogen and oxygen atoms in total. The molecule has 1 aliphatic heterocycles. The van der Waals surface area contributed by atoms with Gasteiger partial charge in [-0.2, -0.15) is 4.98 Å². The molecular formula is C11H18N3O6P. The zero-order valence-electron chi connectivity index (χ0n) is 11.7. The highest BCUT2D eigenvalue weighted by Crippen LogP contribution is 2.51. The first-order valence-corrected chi connectivity index (χ1v) is 8.03. The van der Waals surface area contributed by atoms with E-state index in [1.807, 2.05) is 0 Å². The van der Waals surface area contributed by atoms with E-state index in [0.717, 1.165) is 0 Å². The summed E-state index contributed by atoms with van der Waals surface area (Å²) in [5.74, 6) is 0.128. The minimum Gasteiger partial charge on any atom is -0.383 e. The highest BCUT2D eigenvalue weighted by atomic mass is 31.2. The van der Waals surface area contributed by atoms with Gasteiger partial charge in [-0.3, -0.25) is 9.13 Å². The number of hydrogen-bond donors (Lipinski definition) is 2. The van der Waals surface area contributed by atoms with E-state index < -0.39 is 31.5 Å². The fraction of sp³-hybridized carbons (Fsp3) is 0.636. The molecule has 1 aliphatic rings. The molecule has 0 radical (unpaired) electrons. The molecule has 0 aliphatic carbocycles. The molecule has 3 N–H and O–H groups in total. The number of nitrogens with zero attached hydrogens (tertiary/aromatic N) is 2. The Balaban J connectivity index is 1.99. The Morgan fingerprint density at radius 1 is 1.67 bits per heavy atom. The zero-order valence-corrected chi connectivity index (χ0v) is 12.6. The van der Waals surface area contributed by atoms with Crippen LogP contribution in [-0.2, 0) is 25.1 Å². The van der Waals surface area contributed by atoms with Crippen LogP contribution in [0.15, 0.2) is 17.1 Å². The van der Waals surface area contributed by atoms with Gasteiger partial charge in [0, 0.05) is 6.20 Å². The molecule has 0 saturated carbocycles. The molecule has 1 aromatic rings. The summed E-state index contributed by atoms with van der Waals surface area (Å²) in [6, 6.07) is 0.135. The highest BCUT2D eigenvalue weighted by molar-refractivity contribution is 7.53. The summed E-state index contributed by atoms with van der Waals surface area (Å²) in [6.07, 6.45) is 0.496. The third kappa shape index (κ3) is 4.12. The molecule has 0 spiro atoms. The van der Waals surface area contributed by atoms with Crippen LogP contribution >= 0.6 is 7.60 Å². The summed E-state index contributed by atoms with van der Waals surface area (Å²) in [5.41, 5.74) is 4.87.